The van der Waals surface area contributed by atoms with Crippen molar-refractivity contribution in [2.45, 2.75) is 25.8 Å². The van der Waals surface area contributed by atoms with Gasteiger partial charge in [-0.1, -0.05) is 29.8 Å². The van der Waals surface area contributed by atoms with Crippen molar-refractivity contribution in [3.8, 4) is 0 Å². The summed E-state index contributed by atoms with van der Waals surface area (Å²) in [5.74, 6) is 1.48. The number of benzene rings is 1. The third kappa shape index (κ3) is 3.78. The second kappa shape index (κ2) is 7.61. The highest BCUT2D eigenvalue weighted by Gasteiger charge is 2.20. The SMILES string of the molecule is CN(Cc1cc2ccccc2o1)c1ncc(C(=O)N2CCCCC2)cc1Cl. The highest BCUT2D eigenvalue weighted by molar-refractivity contribution is 6.33. The van der Waals surface area contributed by atoms with Gasteiger partial charge in [0.1, 0.15) is 17.2 Å². The number of hydrogen-bond acceptors (Lipinski definition) is 4. The zero-order valence-electron chi connectivity index (χ0n) is 15.3. The summed E-state index contributed by atoms with van der Waals surface area (Å²) in [5, 5.41) is 1.54. The zero-order valence-corrected chi connectivity index (χ0v) is 16.1. The summed E-state index contributed by atoms with van der Waals surface area (Å²) in [4.78, 5) is 20.9. The summed E-state index contributed by atoms with van der Waals surface area (Å²) in [7, 11) is 1.91. The first-order valence-corrected chi connectivity index (χ1v) is 9.63. The Labute approximate surface area is 163 Å². The summed E-state index contributed by atoms with van der Waals surface area (Å²) in [6, 6.07) is 11.7. The molecule has 0 bridgehead atoms. The van der Waals surface area contributed by atoms with Gasteiger partial charge >= 0.3 is 0 Å². The van der Waals surface area contributed by atoms with Crippen LogP contribution in [0.5, 0.6) is 0 Å². The number of halogens is 1. The maximum absolute atomic E-state index is 12.6. The van der Waals surface area contributed by atoms with Crippen LogP contribution < -0.4 is 4.90 Å². The van der Waals surface area contributed by atoms with E-state index in [0.717, 1.165) is 42.7 Å². The van der Waals surface area contributed by atoms with Crippen molar-refractivity contribution in [2.24, 2.45) is 0 Å². The van der Waals surface area contributed by atoms with E-state index in [1.165, 1.54) is 6.42 Å². The number of rotatable bonds is 4. The predicted octanol–water partition coefficient (Wildman–Crippen LogP) is 4.74. The molecule has 1 amide bonds. The Morgan fingerprint density at radius 3 is 2.74 bits per heavy atom. The number of aromatic nitrogens is 1. The van der Waals surface area contributed by atoms with Crippen LogP contribution in [-0.2, 0) is 6.54 Å². The number of hydrogen-bond donors (Lipinski definition) is 0. The smallest absolute Gasteiger partial charge is 0.255 e. The van der Waals surface area contributed by atoms with E-state index in [2.05, 4.69) is 4.98 Å². The topological polar surface area (TPSA) is 49.6 Å². The molecule has 1 aromatic carbocycles. The number of amides is 1. The van der Waals surface area contributed by atoms with E-state index in [9.17, 15) is 4.79 Å². The minimum absolute atomic E-state index is 0.00980. The number of pyridine rings is 1. The Hall–Kier alpha value is -2.53. The number of carbonyl (C=O) groups excluding carboxylic acids is 1. The molecule has 0 spiro atoms. The summed E-state index contributed by atoms with van der Waals surface area (Å²) >= 11 is 6.45. The number of para-hydroxylation sites is 1. The van der Waals surface area contributed by atoms with Crippen molar-refractivity contribution in [2.75, 3.05) is 25.0 Å². The Morgan fingerprint density at radius 2 is 2.00 bits per heavy atom. The molecule has 3 heterocycles. The molecular formula is C21H22ClN3O2. The Kier molecular flexibility index (Phi) is 5.03. The highest BCUT2D eigenvalue weighted by Crippen LogP contribution is 2.27. The normalized spacial score (nSPS) is 14.5. The third-order valence-electron chi connectivity index (χ3n) is 4.94. The van der Waals surface area contributed by atoms with Crippen molar-refractivity contribution >= 4 is 34.3 Å². The van der Waals surface area contributed by atoms with Crippen LogP contribution in [0.25, 0.3) is 11.0 Å². The lowest BCUT2D eigenvalue weighted by atomic mass is 10.1. The predicted molar refractivity (Wildman–Crippen MR) is 107 cm³/mol. The highest BCUT2D eigenvalue weighted by atomic mass is 35.5. The molecule has 2 aromatic heterocycles. The number of furan rings is 1. The van der Waals surface area contributed by atoms with Gasteiger partial charge in [-0.15, -0.1) is 0 Å². The van der Waals surface area contributed by atoms with Crippen LogP contribution in [0.2, 0.25) is 5.02 Å². The number of anilines is 1. The average molecular weight is 384 g/mol. The number of likely N-dealkylation sites (tertiary alicyclic amines) is 1. The van der Waals surface area contributed by atoms with Crippen LogP contribution in [0.1, 0.15) is 35.4 Å². The molecule has 140 valence electrons. The summed E-state index contributed by atoms with van der Waals surface area (Å²) in [6.45, 7) is 2.16. The molecule has 1 aliphatic heterocycles. The van der Waals surface area contributed by atoms with Gasteiger partial charge in [-0.25, -0.2) is 4.98 Å². The molecule has 0 saturated carbocycles. The minimum Gasteiger partial charge on any atom is -0.459 e. The fourth-order valence-electron chi connectivity index (χ4n) is 3.53. The molecule has 0 N–H and O–H groups in total. The van der Waals surface area contributed by atoms with Crippen LogP contribution in [0.3, 0.4) is 0 Å². The maximum Gasteiger partial charge on any atom is 0.255 e. The van der Waals surface area contributed by atoms with Crippen molar-refractivity contribution in [3.63, 3.8) is 0 Å². The lowest BCUT2D eigenvalue weighted by Gasteiger charge is -2.27. The maximum atomic E-state index is 12.6. The van der Waals surface area contributed by atoms with Crippen LogP contribution in [-0.4, -0.2) is 35.9 Å². The molecule has 6 heteroatoms. The zero-order chi connectivity index (χ0) is 18.8. The van der Waals surface area contributed by atoms with Crippen LogP contribution in [0.15, 0.2) is 47.0 Å². The summed E-state index contributed by atoms with van der Waals surface area (Å²) in [6.07, 6.45) is 4.93. The molecule has 1 saturated heterocycles. The molecule has 3 aromatic rings. The standard InChI is InChI=1S/C21H22ClN3O2/c1-24(14-17-11-15-7-3-4-8-19(15)27-17)20-18(22)12-16(13-23-20)21(26)25-9-5-2-6-10-25/h3-4,7-8,11-13H,2,5-6,9-10,14H2,1H3. The van der Waals surface area contributed by atoms with Gasteiger partial charge in [-0.2, -0.15) is 0 Å². The molecule has 1 aliphatic rings. The first-order chi connectivity index (χ1) is 13.1. The van der Waals surface area contributed by atoms with Gasteiger partial charge < -0.3 is 14.2 Å². The minimum atomic E-state index is 0.00980. The fraction of sp³-hybridized carbons (Fsp3) is 0.333. The molecule has 0 radical (unpaired) electrons. The van der Waals surface area contributed by atoms with Gasteiger partial charge in [-0.05, 0) is 37.5 Å². The molecule has 4 rings (SSSR count). The summed E-state index contributed by atoms with van der Waals surface area (Å²) < 4.78 is 5.87. The molecule has 0 aliphatic carbocycles. The average Bonchev–Trinajstić information content (AvgIpc) is 3.10. The van der Waals surface area contributed by atoms with E-state index < -0.39 is 0 Å². The van der Waals surface area contributed by atoms with Crippen molar-refractivity contribution < 1.29 is 9.21 Å². The second-order valence-electron chi connectivity index (χ2n) is 6.99. The van der Waals surface area contributed by atoms with Crippen LogP contribution in [0.4, 0.5) is 5.82 Å². The van der Waals surface area contributed by atoms with Crippen molar-refractivity contribution in [3.05, 3.63) is 58.9 Å². The third-order valence-corrected chi connectivity index (χ3v) is 5.22. The molecule has 1 fully saturated rings. The largest absolute Gasteiger partial charge is 0.459 e. The van der Waals surface area contributed by atoms with E-state index in [-0.39, 0.29) is 5.91 Å². The van der Waals surface area contributed by atoms with E-state index in [4.69, 9.17) is 16.0 Å². The van der Waals surface area contributed by atoms with Gasteiger partial charge in [0.15, 0.2) is 0 Å². The summed E-state index contributed by atoms with van der Waals surface area (Å²) in [5.41, 5.74) is 1.41. The molecular weight excluding hydrogens is 362 g/mol. The lowest BCUT2D eigenvalue weighted by Crippen LogP contribution is -2.35. The molecule has 0 atom stereocenters. The van der Waals surface area contributed by atoms with Crippen molar-refractivity contribution in [1.82, 2.24) is 9.88 Å². The Bertz CT molecular complexity index is 930. The molecule has 27 heavy (non-hydrogen) atoms. The van der Waals surface area contributed by atoms with Crippen LogP contribution >= 0.6 is 11.6 Å². The fourth-order valence-corrected chi connectivity index (χ4v) is 3.84. The van der Waals surface area contributed by atoms with Gasteiger partial charge in [0, 0.05) is 31.7 Å². The molecule has 0 unspecified atom stereocenters. The van der Waals surface area contributed by atoms with Gasteiger partial charge in [-0.3, -0.25) is 4.79 Å². The van der Waals surface area contributed by atoms with E-state index >= 15 is 0 Å². The number of fused-ring (bicyclic) bond motifs is 1. The monoisotopic (exact) mass is 383 g/mol. The Balaban J connectivity index is 1.50. The van der Waals surface area contributed by atoms with E-state index in [0.29, 0.717) is 22.9 Å². The van der Waals surface area contributed by atoms with E-state index in [1.54, 1.807) is 12.3 Å². The number of nitrogens with zero attached hydrogens (tertiary/aromatic N) is 3. The quantitative estimate of drug-likeness (QED) is 0.652. The van der Waals surface area contributed by atoms with Crippen molar-refractivity contribution in [1.29, 1.82) is 0 Å². The second-order valence-corrected chi connectivity index (χ2v) is 7.40. The lowest BCUT2D eigenvalue weighted by molar-refractivity contribution is 0.0724. The molecule has 5 nitrogen and oxygen atoms in total. The first kappa shape index (κ1) is 17.9. The van der Waals surface area contributed by atoms with Gasteiger partial charge in [0.25, 0.3) is 5.91 Å². The van der Waals surface area contributed by atoms with Crippen LogP contribution in [0, 0.1) is 0 Å². The number of piperidine rings is 1. The van der Waals surface area contributed by atoms with Gasteiger partial charge in [0.05, 0.1) is 17.1 Å². The van der Waals surface area contributed by atoms with E-state index in [1.807, 2.05) is 47.2 Å². The Morgan fingerprint density at radius 1 is 1.22 bits per heavy atom. The first-order valence-electron chi connectivity index (χ1n) is 9.25. The van der Waals surface area contributed by atoms with Gasteiger partial charge in [0.2, 0.25) is 0 Å². The number of carbonyl (C=O) groups is 1.